The molecule has 0 aliphatic rings. The lowest BCUT2D eigenvalue weighted by atomic mass is 10.0. The molecule has 18 heavy (non-hydrogen) atoms. The van der Waals surface area contributed by atoms with Gasteiger partial charge in [0.1, 0.15) is 0 Å². The summed E-state index contributed by atoms with van der Waals surface area (Å²) in [7, 11) is 0. The summed E-state index contributed by atoms with van der Waals surface area (Å²) in [6.07, 6.45) is 1.25. The van der Waals surface area contributed by atoms with Crippen molar-refractivity contribution in [2.45, 2.75) is 45.7 Å². The summed E-state index contributed by atoms with van der Waals surface area (Å²) in [5, 5.41) is 3.00. The zero-order chi connectivity index (χ0) is 13.5. The minimum atomic E-state index is -0.0612. The van der Waals surface area contributed by atoms with Crippen LogP contribution in [0.4, 0.5) is 0 Å². The van der Waals surface area contributed by atoms with Gasteiger partial charge in [-0.1, -0.05) is 44.2 Å². The third kappa shape index (κ3) is 5.32. The summed E-state index contributed by atoms with van der Waals surface area (Å²) in [6.45, 7) is 6.09. The van der Waals surface area contributed by atoms with Gasteiger partial charge in [0.05, 0.1) is 0 Å². The molecule has 2 atom stereocenters. The number of hydrogen-bond donors (Lipinski definition) is 2. The highest BCUT2D eigenvalue weighted by Crippen LogP contribution is 2.05. The smallest absolute Gasteiger partial charge is 0.221 e. The Bertz CT molecular complexity index is 362. The van der Waals surface area contributed by atoms with Crippen LogP contribution in [0, 0.1) is 5.92 Å². The number of benzene rings is 1. The maximum Gasteiger partial charge on any atom is 0.221 e. The van der Waals surface area contributed by atoms with Crippen molar-refractivity contribution >= 4 is 5.91 Å². The second kappa shape index (κ2) is 7.17. The molecule has 2 unspecified atom stereocenters. The van der Waals surface area contributed by atoms with Crippen LogP contribution in [0.2, 0.25) is 0 Å². The quantitative estimate of drug-likeness (QED) is 0.810. The van der Waals surface area contributed by atoms with Crippen LogP contribution in [0.3, 0.4) is 0 Å². The molecule has 3 N–H and O–H groups in total. The Balaban J connectivity index is 2.36. The summed E-state index contributed by atoms with van der Waals surface area (Å²) < 4.78 is 0. The zero-order valence-electron chi connectivity index (χ0n) is 11.5. The van der Waals surface area contributed by atoms with Crippen molar-refractivity contribution in [1.29, 1.82) is 0 Å². The van der Waals surface area contributed by atoms with E-state index >= 15 is 0 Å². The molecular formula is C15H24N2O. The maximum absolute atomic E-state index is 11.8. The van der Waals surface area contributed by atoms with E-state index in [0.29, 0.717) is 12.3 Å². The van der Waals surface area contributed by atoms with Crippen molar-refractivity contribution in [2.75, 3.05) is 0 Å². The molecular weight excluding hydrogens is 224 g/mol. The highest BCUT2D eigenvalue weighted by atomic mass is 16.1. The summed E-state index contributed by atoms with van der Waals surface area (Å²) >= 11 is 0. The fraction of sp³-hybridized carbons (Fsp3) is 0.533. The van der Waals surface area contributed by atoms with Crippen LogP contribution in [0.15, 0.2) is 30.3 Å². The molecule has 0 aromatic heterocycles. The van der Waals surface area contributed by atoms with Crippen LogP contribution in [0.25, 0.3) is 0 Å². The van der Waals surface area contributed by atoms with Crippen LogP contribution < -0.4 is 11.1 Å². The lowest BCUT2D eigenvalue weighted by Crippen LogP contribution is -2.39. The van der Waals surface area contributed by atoms with Gasteiger partial charge in [-0.3, -0.25) is 4.79 Å². The number of amides is 1. The van der Waals surface area contributed by atoms with E-state index in [1.54, 1.807) is 0 Å². The first kappa shape index (κ1) is 14.7. The number of nitrogens with two attached hydrogens (primary N) is 1. The molecule has 0 aliphatic heterocycles. The van der Waals surface area contributed by atoms with Crippen LogP contribution in [-0.2, 0) is 11.2 Å². The van der Waals surface area contributed by atoms with Crippen LogP contribution in [-0.4, -0.2) is 18.0 Å². The second-order valence-corrected chi connectivity index (χ2v) is 5.27. The summed E-state index contributed by atoms with van der Waals surface area (Å²) in [6, 6.07) is 10.2. The molecule has 0 saturated heterocycles. The maximum atomic E-state index is 11.8. The van der Waals surface area contributed by atoms with Crippen molar-refractivity contribution in [3.8, 4) is 0 Å². The van der Waals surface area contributed by atoms with E-state index in [2.05, 4.69) is 17.4 Å². The van der Waals surface area contributed by atoms with Gasteiger partial charge in [0.25, 0.3) is 0 Å². The molecule has 3 heteroatoms. The summed E-state index contributed by atoms with van der Waals surface area (Å²) in [5.41, 5.74) is 7.12. The second-order valence-electron chi connectivity index (χ2n) is 5.27. The molecule has 0 aliphatic carbocycles. The van der Waals surface area contributed by atoms with Gasteiger partial charge in [-0.2, -0.15) is 0 Å². The first-order valence-electron chi connectivity index (χ1n) is 6.58. The SMILES string of the molecule is CC(Cc1ccccc1)NC(=O)CC(N)C(C)C. The number of carbonyl (C=O) groups excluding carboxylic acids is 1. The monoisotopic (exact) mass is 248 g/mol. The van der Waals surface area contributed by atoms with Gasteiger partial charge in [0, 0.05) is 18.5 Å². The summed E-state index contributed by atoms with van der Waals surface area (Å²) in [4.78, 5) is 11.8. The zero-order valence-corrected chi connectivity index (χ0v) is 11.5. The third-order valence-electron chi connectivity index (χ3n) is 3.07. The normalized spacial score (nSPS) is 14.3. The Morgan fingerprint density at radius 2 is 1.83 bits per heavy atom. The first-order valence-corrected chi connectivity index (χ1v) is 6.58. The Morgan fingerprint density at radius 1 is 1.22 bits per heavy atom. The Labute approximate surface area is 110 Å². The molecule has 0 radical (unpaired) electrons. The molecule has 1 aromatic carbocycles. The van der Waals surface area contributed by atoms with E-state index < -0.39 is 0 Å². The van der Waals surface area contributed by atoms with E-state index in [9.17, 15) is 4.79 Å². The molecule has 0 saturated carbocycles. The molecule has 1 aromatic rings. The number of rotatable bonds is 6. The lowest BCUT2D eigenvalue weighted by Gasteiger charge is -2.18. The molecule has 3 nitrogen and oxygen atoms in total. The number of nitrogens with one attached hydrogen (secondary N) is 1. The number of hydrogen-bond acceptors (Lipinski definition) is 2. The van der Waals surface area contributed by atoms with Crippen molar-refractivity contribution in [2.24, 2.45) is 11.7 Å². The van der Waals surface area contributed by atoms with Gasteiger partial charge in [-0.05, 0) is 24.8 Å². The molecule has 0 fully saturated rings. The Kier molecular flexibility index (Phi) is 5.86. The van der Waals surface area contributed by atoms with Gasteiger partial charge in [0.2, 0.25) is 5.91 Å². The Morgan fingerprint density at radius 3 is 2.39 bits per heavy atom. The Hall–Kier alpha value is -1.35. The van der Waals surface area contributed by atoms with Gasteiger partial charge in [0.15, 0.2) is 0 Å². The standard InChI is InChI=1S/C15H24N2O/c1-11(2)14(16)10-15(18)17-12(3)9-13-7-5-4-6-8-13/h4-8,11-12,14H,9-10,16H2,1-3H3,(H,17,18). The van der Waals surface area contributed by atoms with E-state index in [1.807, 2.05) is 39.0 Å². The number of carbonyl (C=O) groups is 1. The van der Waals surface area contributed by atoms with E-state index in [4.69, 9.17) is 5.73 Å². The van der Waals surface area contributed by atoms with Gasteiger partial charge < -0.3 is 11.1 Å². The van der Waals surface area contributed by atoms with Crippen LogP contribution in [0.5, 0.6) is 0 Å². The van der Waals surface area contributed by atoms with Crippen molar-refractivity contribution in [1.82, 2.24) is 5.32 Å². The predicted molar refractivity (Wildman–Crippen MR) is 75.2 cm³/mol. The molecule has 1 amide bonds. The lowest BCUT2D eigenvalue weighted by molar-refractivity contribution is -0.122. The average Bonchev–Trinajstić information content (AvgIpc) is 2.29. The molecule has 0 bridgehead atoms. The largest absolute Gasteiger partial charge is 0.353 e. The van der Waals surface area contributed by atoms with E-state index in [-0.39, 0.29) is 18.0 Å². The summed E-state index contributed by atoms with van der Waals surface area (Å²) in [5.74, 6) is 0.375. The van der Waals surface area contributed by atoms with E-state index in [0.717, 1.165) is 6.42 Å². The molecule has 100 valence electrons. The van der Waals surface area contributed by atoms with Gasteiger partial charge >= 0.3 is 0 Å². The molecule has 0 heterocycles. The van der Waals surface area contributed by atoms with Crippen molar-refractivity contribution in [3.05, 3.63) is 35.9 Å². The molecule has 1 rings (SSSR count). The molecule has 0 spiro atoms. The third-order valence-corrected chi connectivity index (χ3v) is 3.07. The highest BCUT2D eigenvalue weighted by Gasteiger charge is 2.14. The average molecular weight is 248 g/mol. The van der Waals surface area contributed by atoms with Crippen molar-refractivity contribution in [3.63, 3.8) is 0 Å². The van der Waals surface area contributed by atoms with Gasteiger partial charge in [-0.25, -0.2) is 0 Å². The minimum Gasteiger partial charge on any atom is -0.353 e. The van der Waals surface area contributed by atoms with Gasteiger partial charge in [-0.15, -0.1) is 0 Å². The van der Waals surface area contributed by atoms with Crippen LogP contribution >= 0.6 is 0 Å². The van der Waals surface area contributed by atoms with Crippen LogP contribution in [0.1, 0.15) is 32.8 Å². The minimum absolute atomic E-state index is 0.0413. The topological polar surface area (TPSA) is 55.1 Å². The predicted octanol–water partition coefficient (Wildman–Crippen LogP) is 2.11. The van der Waals surface area contributed by atoms with E-state index in [1.165, 1.54) is 5.56 Å². The van der Waals surface area contributed by atoms with Crippen molar-refractivity contribution < 1.29 is 4.79 Å². The highest BCUT2D eigenvalue weighted by molar-refractivity contribution is 5.76. The fourth-order valence-electron chi connectivity index (χ4n) is 1.80. The first-order chi connectivity index (χ1) is 8.49. The fourth-order valence-corrected chi connectivity index (χ4v) is 1.80.